The smallest absolute Gasteiger partial charge is 0.356 e. The lowest BCUT2D eigenvalue weighted by molar-refractivity contribution is -0.137. The van der Waals surface area contributed by atoms with Crippen molar-refractivity contribution in [1.29, 1.82) is 0 Å². The highest BCUT2D eigenvalue weighted by molar-refractivity contribution is 5.86. The fourth-order valence-electron chi connectivity index (χ4n) is 3.09. The highest BCUT2D eigenvalue weighted by Gasteiger charge is 2.30. The summed E-state index contributed by atoms with van der Waals surface area (Å²) >= 11 is 0. The van der Waals surface area contributed by atoms with E-state index in [1.54, 1.807) is 20.2 Å². The maximum absolute atomic E-state index is 12.9. The zero-order chi connectivity index (χ0) is 23.6. The van der Waals surface area contributed by atoms with Crippen molar-refractivity contribution in [3.8, 4) is 0 Å². The molecule has 0 radical (unpaired) electrons. The number of benzene rings is 1. The molecule has 0 bridgehead atoms. The lowest BCUT2D eigenvalue weighted by atomic mass is 10.1. The van der Waals surface area contributed by atoms with Crippen LogP contribution in [0.1, 0.15) is 45.2 Å². The van der Waals surface area contributed by atoms with Crippen LogP contribution in [0, 0.1) is 0 Å². The van der Waals surface area contributed by atoms with Crippen LogP contribution in [0.25, 0.3) is 0 Å². The molecule has 1 amide bonds. The Morgan fingerprint density at radius 3 is 2.29 bits per heavy atom. The van der Waals surface area contributed by atoms with Gasteiger partial charge in [-0.2, -0.15) is 13.2 Å². The second-order valence-corrected chi connectivity index (χ2v) is 8.21. The largest absolute Gasteiger partial charge is 0.416 e. The van der Waals surface area contributed by atoms with Gasteiger partial charge in [-0.15, -0.1) is 0 Å². The number of hydrogen-bond donors (Lipinski definition) is 2. The first-order chi connectivity index (χ1) is 14.4. The van der Waals surface area contributed by atoms with E-state index >= 15 is 0 Å². The maximum Gasteiger partial charge on any atom is 0.416 e. The minimum atomic E-state index is -4.39. The Bertz CT molecular complexity index is 709. The topological polar surface area (TPSA) is 60.0 Å². The molecule has 0 saturated carbocycles. The van der Waals surface area contributed by atoms with Gasteiger partial charge in [-0.1, -0.05) is 12.1 Å². The molecular formula is C22H36F3N5O. The molecule has 2 N–H and O–H groups in total. The first-order valence-electron chi connectivity index (χ1n) is 10.6. The summed E-state index contributed by atoms with van der Waals surface area (Å²) in [7, 11) is 3.31. The van der Waals surface area contributed by atoms with Crippen molar-refractivity contribution in [3.05, 3.63) is 35.4 Å². The van der Waals surface area contributed by atoms with Gasteiger partial charge in [0.25, 0.3) is 0 Å². The number of carbonyl (C=O) groups is 1. The minimum Gasteiger partial charge on any atom is -0.356 e. The third-order valence-corrected chi connectivity index (χ3v) is 4.79. The van der Waals surface area contributed by atoms with Crippen molar-refractivity contribution in [2.75, 3.05) is 33.7 Å². The van der Waals surface area contributed by atoms with Gasteiger partial charge in [-0.25, -0.2) is 4.99 Å². The Balaban J connectivity index is 2.78. The molecule has 0 aromatic heterocycles. The standard InChI is InChI=1S/C22H36F3N5O/c1-16(2)30(17(3)4)12-8-11-26-21(28-15-20(31)29(5)6)27-14-18-9-7-10-19(13-18)22(23,24)25/h7,9-10,13,16-17H,8,11-12,14-15H2,1-6H3,(H2,26,27,28). The Labute approximate surface area is 183 Å². The summed E-state index contributed by atoms with van der Waals surface area (Å²) in [5.41, 5.74) is -0.256. The van der Waals surface area contributed by atoms with Gasteiger partial charge in [0.2, 0.25) is 5.91 Å². The summed E-state index contributed by atoms with van der Waals surface area (Å²) in [6.07, 6.45) is -3.53. The molecule has 31 heavy (non-hydrogen) atoms. The number of rotatable bonds is 10. The van der Waals surface area contributed by atoms with E-state index in [0.717, 1.165) is 25.1 Å². The van der Waals surface area contributed by atoms with Crippen LogP contribution in [-0.4, -0.2) is 67.5 Å². The molecule has 0 aliphatic carbocycles. The monoisotopic (exact) mass is 443 g/mol. The molecule has 9 heteroatoms. The average Bonchev–Trinajstić information content (AvgIpc) is 2.67. The van der Waals surface area contributed by atoms with Crippen molar-refractivity contribution in [3.63, 3.8) is 0 Å². The SMILES string of the molecule is CC(C)N(CCCNC(=NCc1cccc(C(F)(F)F)c1)NCC(=O)N(C)C)C(C)C. The molecule has 0 spiro atoms. The Hall–Kier alpha value is -2.29. The molecular weight excluding hydrogens is 407 g/mol. The van der Waals surface area contributed by atoms with E-state index in [-0.39, 0.29) is 19.0 Å². The third-order valence-electron chi connectivity index (χ3n) is 4.79. The van der Waals surface area contributed by atoms with E-state index in [1.807, 2.05) is 0 Å². The van der Waals surface area contributed by atoms with Crippen molar-refractivity contribution in [2.24, 2.45) is 4.99 Å². The van der Waals surface area contributed by atoms with E-state index in [9.17, 15) is 18.0 Å². The first kappa shape index (κ1) is 26.7. The van der Waals surface area contributed by atoms with Crippen LogP contribution in [0.2, 0.25) is 0 Å². The van der Waals surface area contributed by atoms with Crippen LogP contribution in [0.15, 0.2) is 29.3 Å². The lowest BCUT2D eigenvalue weighted by Gasteiger charge is -2.30. The fourth-order valence-corrected chi connectivity index (χ4v) is 3.09. The second-order valence-electron chi connectivity index (χ2n) is 8.21. The second kappa shape index (κ2) is 12.5. The molecule has 1 rings (SSSR count). The summed E-state index contributed by atoms with van der Waals surface area (Å²) in [6, 6.07) is 5.97. The van der Waals surface area contributed by atoms with Crippen molar-refractivity contribution < 1.29 is 18.0 Å². The number of hydrogen-bond acceptors (Lipinski definition) is 3. The zero-order valence-electron chi connectivity index (χ0n) is 19.4. The number of nitrogens with one attached hydrogen (secondary N) is 2. The van der Waals surface area contributed by atoms with Gasteiger partial charge in [0.15, 0.2) is 5.96 Å². The third kappa shape index (κ3) is 10.0. The molecule has 0 aliphatic heterocycles. The molecule has 0 saturated heterocycles. The van der Waals surface area contributed by atoms with Gasteiger partial charge in [0.05, 0.1) is 18.7 Å². The normalized spacial score (nSPS) is 12.6. The molecule has 0 atom stereocenters. The van der Waals surface area contributed by atoms with Crippen LogP contribution < -0.4 is 10.6 Å². The molecule has 1 aromatic carbocycles. The molecule has 0 fully saturated rings. The number of alkyl halides is 3. The predicted molar refractivity (Wildman–Crippen MR) is 119 cm³/mol. The maximum atomic E-state index is 12.9. The Kier molecular flexibility index (Phi) is 10.8. The number of amides is 1. The van der Waals surface area contributed by atoms with Gasteiger partial charge in [0, 0.05) is 39.3 Å². The van der Waals surface area contributed by atoms with Crippen molar-refractivity contribution in [1.82, 2.24) is 20.4 Å². The summed E-state index contributed by atoms with van der Waals surface area (Å²) in [5, 5.41) is 6.14. The van der Waals surface area contributed by atoms with Crippen LogP contribution >= 0.6 is 0 Å². The summed E-state index contributed by atoms with van der Waals surface area (Å²) in [5.74, 6) is 0.271. The van der Waals surface area contributed by atoms with Gasteiger partial charge in [-0.05, 0) is 51.8 Å². The fraction of sp³-hybridized carbons (Fsp3) is 0.636. The number of carbonyl (C=O) groups excluding carboxylic acids is 1. The quantitative estimate of drug-likeness (QED) is 0.331. The van der Waals surface area contributed by atoms with Crippen LogP contribution in [0.3, 0.4) is 0 Å². The number of halogens is 3. The number of guanidine groups is 1. The van der Waals surface area contributed by atoms with Crippen molar-refractivity contribution >= 4 is 11.9 Å². The number of likely N-dealkylation sites (N-methyl/N-ethyl adjacent to an activating group) is 1. The molecule has 176 valence electrons. The van der Waals surface area contributed by atoms with Crippen LogP contribution in [0.4, 0.5) is 13.2 Å². The van der Waals surface area contributed by atoms with Gasteiger partial charge < -0.3 is 15.5 Å². The van der Waals surface area contributed by atoms with E-state index in [2.05, 4.69) is 48.2 Å². The summed E-state index contributed by atoms with van der Waals surface area (Å²) in [6.45, 7) is 10.3. The van der Waals surface area contributed by atoms with Crippen LogP contribution in [0.5, 0.6) is 0 Å². The van der Waals surface area contributed by atoms with E-state index < -0.39 is 11.7 Å². The first-order valence-corrected chi connectivity index (χ1v) is 10.6. The molecule has 0 heterocycles. The van der Waals surface area contributed by atoms with Gasteiger partial charge >= 0.3 is 6.18 Å². The van der Waals surface area contributed by atoms with Crippen LogP contribution in [-0.2, 0) is 17.5 Å². The zero-order valence-corrected chi connectivity index (χ0v) is 19.4. The van der Waals surface area contributed by atoms with E-state index in [1.165, 1.54) is 11.0 Å². The lowest BCUT2D eigenvalue weighted by Crippen LogP contribution is -2.44. The van der Waals surface area contributed by atoms with Gasteiger partial charge in [-0.3, -0.25) is 9.69 Å². The highest BCUT2D eigenvalue weighted by Crippen LogP contribution is 2.29. The van der Waals surface area contributed by atoms with E-state index in [4.69, 9.17) is 0 Å². The molecule has 1 aromatic rings. The number of aliphatic imine (C=N–C) groups is 1. The summed E-state index contributed by atoms with van der Waals surface area (Å²) in [4.78, 5) is 20.1. The Morgan fingerprint density at radius 2 is 1.74 bits per heavy atom. The predicted octanol–water partition coefficient (Wildman–Crippen LogP) is 3.34. The molecule has 0 unspecified atom stereocenters. The van der Waals surface area contributed by atoms with E-state index in [0.29, 0.717) is 30.2 Å². The minimum absolute atomic E-state index is 0.0472. The number of nitrogens with zero attached hydrogens (tertiary/aromatic N) is 3. The van der Waals surface area contributed by atoms with Crippen molar-refractivity contribution in [2.45, 2.75) is 58.9 Å². The summed E-state index contributed by atoms with van der Waals surface area (Å²) < 4.78 is 38.8. The molecule has 0 aliphatic rings. The molecule has 6 nitrogen and oxygen atoms in total. The highest BCUT2D eigenvalue weighted by atomic mass is 19.4. The van der Waals surface area contributed by atoms with Gasteiger partial charge in [0.1, 0.15) is 0 Å². The Morgan fingerprint density at radius 1 is 1.10 bits per heavy atom. The average molecular weight is 444 g/mol.